The molecule has 8 heteroatoms. The second kappa shape index (κ2) is 10.9. The van der Waals surface area contributed by atoms with Crippen molar-refractivity contribution in [2.75, 3.05) is 13.2 Å². The van der Waals surface area contributed by atoms with Crippen molar-refractivity contribution in [1.29, 1.82) is 0 Å². The van der Waals surface area contributed by atoms with Crippen molar-refractivity contribution in [2.45, 2.75) is 37.8 Å². The molecule has 1 amide bonds. The van der Waals surface area contributed by atoms with E-state index >= 15 is 0 Å². The number of aliphatic hydroxyl groups is 2. The Kier molecular flexibility index (Phi) is 7.46. The van der Waals surface area contributed by atoms with Crippen LogP contribution in [-0.4, -0.2) is 45.4 Å². The van der Waals surface area contributed by atoms with Gasteiger partial charge in [0.2, 0.25) is 0 Å². The minimum Gasteiger partial charge on any atom is -0.410 e. The van der Waals surface area contributed by atoms with Crippen molar-refractivity contribution in [2.24, 2.45) is 0 Å². The number of nitrogens with zero attached hydrogens (tertiary/aromatic N) is 1. The highest BCUT2D eigenvalue weighted by Crippen LogP contribution is 2.39. The topological polar surface area (TPSA) is 85.8 Å². The van der Waals surface area contributed by atoms with Crippen LogP contribution >= 0.6 is 11.6 Å². The van der Waals surface area contributed by atoms with Gasteiger partial charge >= 0.3 is 6.09 Å². The molecule has 1 aromatic heterocycles. The average Bonchev–Trinajstić information content (AvgIpc) is 3.27. The van der Waals surface area contributed by atoms with Crippen molar-refractivity contribution in [1.82, 2.24) is 9.88 Å². The van der Waals surface area contributed by atoms with Crippen LogP contribution in [0.1, 0.15) is 41.3 Å². The van der Waals surface area contributed by atoms with Gasteiger partial charge in [0.05, 0.1) is 12.7 Å². The third kappa shape index (κ3) is 5.49. The summed E-state index contributed by atoms with van der Waals surface area (Å²) >= 11 is 6.29. The molecule has 3 aromatic carbocycles. The van der Waals surface area contributed by atoms with Gasteiger partial charge in [-0.3, -0.25) is 4.90 Å². The summed E-state index contributed by atoms with van der Waals surface area (Å²) in [7, 11) is 0. The lowest BCUT2D eigenvalue weighted by Gasteiger charge is -2.35. The first-order valence-corrected chi connectivity index (χ1v) is 12.7. The highest BCUT2D eigenvalue weighted by molar-refractivity contribution is 6.31. The van der Waals surface area contributed by atoms with E-state index in [1.165, 1.54) is 24.3 Å². The molecule has 2 atom stereocenters. The van der Waals surface area contributed by atoms with Crippen LogP contribution in [0.2, 0.25) is 5.02 Å². The zero-order valence-electron chi connectivity index (χ0n) is 20.2. The first-order chi connectivity index (χ1) is 17.9. The number of ether oxygens (including phenoxy) is 1. The van der Waals surface area contributed by atoms with Gasteiger partial charge in [-0.1, -0.05) is 35.9 Å². The Labute approximate surface area is 219 Å². The van der Waals surface area contributed by atoms with E-state index in [4.69, 9.17) is 21.4 Å². The fourth-order valence-corrected chi connectivity index (χ4v) is 5.14. The molecule has 0 radical (unpaired) electrons. The lowest BCUT2D eigenvalue weighted by atomic mass is 9.92. The van der Waals surface area contributed by atoms with Gasteiger partial charge in [-0.15, -0.1) is 0 Å². The molecule has 0 saturated carbocycles. The summed E-state index contributed by atoms with van der Waals surface area (Å²) < 4.78 is 19.0. The predicted octanol–water partition coefficient (Wildman–Crippen LogP) is 5.78. The molecule has 3 N–H and O–H groups in total. The second-order valence-electron chi connectivity index (χ2n) is 9.35. The highest BCUT2D eigenvalue weighted by atomic mass is 35.5. The smallest absolute Gasteiger partial charge is 0.410 e. The van der Waals surface area contributed by atoms with Gasteiger partial charge in [0.25, 0.3) is 0 Å². The van der Waals surface area contributed by atoms with Crippen molar-refractivity contribution < 1.29 is 24.1 Å². The van der Waals surface area contributed by atoms with Gasteiger partial charge in [-0.05, 0) is 84.8 Å². The number of aryl methyl sites for hydroxylation is 1. The van der Waals surface area contributed by atoms with Crippen LogP contribution < -0.4 is 4.74 Å². The van der Waals surface area contributed by atoms with E-state index in [1.54, 1.807) is 4.90 Å². The normalized spacial score (nSPS) is 16.0. The maximum atomic E-state index is 13.3. The van der Waals surface area contributed by atoms with Crippen molar-refractivity contribution in [3.05, 3.63) is 100.0 Å². The summed E-state index contributed by atoms with van der Waals surface area (Å²) in [5.41, 5.74) is 5.02. The van der Waals surface area contributed by atoms with Gasteiger partial charge in [0.1, 0.15) is 17.6 Å². The third-order valence-electron chi connectivity index (χ3n) is 6.85. The van der Waals surface area contributed by atoms with E-state index in [2.05, 4.69) is 4.98 Å². The summed E-state index contributed by atoms with van der Waals surface area (Å²) in [6, 6.07) is 18.8. The maximum absolute atomic E-state index is 13.3. The number of rotatable bonds is 7. The number of hydrogen-bond donors (Lipinski definition) is 3. The number of nitrogens with one attached hydrogen (secondary N) is 1. The number of amides is 1. The number of carbonyl (C=O) groups is 1. The van der Waals surface area contributed by atoms with Crippen LogP contribution in [0.25, 0.3) is 10.9 Å². The molecular formula is C29H28ClFN2O4. The summed E-state index contributed by atoms with van der Waals surface area (Å²) in [6.45, 7) is 0.209. The molecule has 0 aliphatic carbocycles. The fourth-order valence-electron chi connectivity index (χ4n) is 4.97. The molecule has 4 aromatic rings. The van der Waals surface area contributed by atoms with E-state index in [9.17, 15) is 14.3 Å². The van der Waals surface area contributed by atoms with E-state index in [-0.39, 0.29) is 12.4 Å². The van der Waals surface area contributed by atoms with Crippen LogP contribution in [0, 0.1) is 5.82 Å². The Hall–Kier alpha value is -3.39. The molecule has 0 spiro atoms. The molecule has 192 valence electrons. The molecular weight excluding hydrogens is 495 g/mol. The van der Waals surface area contributed by atoms with Gasteiger partial charge in [-0.2, -0.15) is 0 Å². The Morgan fingerprint density at radius 1 is 1.14 bits per heavy atom. The second-order valence-corrected chi connectivity index (χ2v) is 9.78. The molecule has 5 rings (SSSR count). The van der Waals surface area contributed by atoms with Gasteiger partial charge < -0.3 is 19.9 Å². The Balaban J connectivity index is 1.46. The first-order valence-electron chi connectivity index (χ1n) is 12.3. The number of H-pyrrole nitrogens is 1. The number of halogens is 2. The van der Waals surface area contributed by atoms with E-state index in [0.29, 0.717) is 24.4 Å². The minimum atomic E-state index is -0.698. The Bertz CT molecular complexity index is 1390. The number of carbonyl (C=O) groups excluding carboxylic acids is 1. The molecule has 0 fully saturated rings. The quantitative estimate of drug-likeness (QED) is 0.287. The van der Waals surface area contributed by atoms with Gasteiger partial charge in [0.15, 0.2) is 0 Å². The average molecular weight is 523 g/mol. The summed E-state index contributed by atoms with van der Waals surface area (Å²) in [6.07, 6.45) is 1.49. The number of benzene rings is 3. The molecule has 0 bridgehead atoms. The van der Waals surface area contributed by atoms with Crippen LogP contribution in [0.15, 0.2) is 66.7 Å². The van der Waals surface area contributed by atoms with E-state index in [1.807, 2.05) is 42.5 Å². The summed E-state index contributed by atoms with van der Waals surface area (Å²) in [5.74, 6) is -0.122. The number of hydrogen-bond acceptors (Lipinski definition) is 4. The SMILES string of the molecule is O=C(Oc1ccc(F)cc1)N1CCc2c([nH]c3ccc(Cl)cc23)[C@@H]1c1ccc(CCC[C@H](O)CO)cc1. The number of aliphatic hydroxyl groups excluding tert-OH is 2. The van der Waals surface area contributed by atoms with Crippen LogP contribution in [-0.2, 0) is 12.8 Å². The van der Waals surface area contributed by atoms with Crippen molar-refractivity contribution >= 4 is 28.6 Å². The van der Waals surface area contributed by atoms with Crippen LogP contribution in [0.3, 0.4) is 0 Å². The van der Waals surface area contributed by atoms with E-state index < -0.39 is 24.1 Å². The Morgan fingerprint density at radius 2 is 1.89 bits per heavy atom. The summed E-state index contributed by atoms with van der Waals surface area (Å²) in [5, 5.41) is 20.3. The van der Waals surface area contributed by atoms with Crippen molar-refractivity contribution in [3.8, 4) is 5.75 Å². The molecule has 6 nitrogen and oxygen atoms in total. The van der Waals surface area contributed by atoms with Gasteiger partial charge in [0, 0.05) is 28.2 Å². The first kappa shape index (κ1) is 25.3. The van der Waals surface area contributed by atoms with Crippen LogP contribution in [0.4, 0.5) is 9.18 Å². The number of aromatic amines is 1. The zero-order chi connectivity index (χ0) is 25.9. The molecule has 1 aliphatic heterocycles. The lowest BCUT2D eigenvalue weighted by molar-refractivity contribution is 0.0867. The number of fused-ring (bicyclic) bond motifs is 3. The largest absolute Gasteiger partial charge is 0.416 e. The van der Waals surface area contributed by atoms with Gasteiger partial charge in [-0.25, -0.2) is 9.18 Å². The zero-order valence-corrected chi connectivity index (χ0v) is 20.9. The summed E-state index contributed by atoms with van der Waals surface area (Å²) in [4.78, 5) is 18.5. The standard InChI is InChI=1S/C29H28ClFN2O4/c30-20-8-13-26-25(16-20)24-14-15-33(29(36)37-23-11-9-21(31)10-12-23)28(27(24)32-26)19-6-4-18(5-7-19)2-1-3-22(35)17-34/h4-13,16,22,28,32,34-35H,1-3,14-15,17H2/t22-,28-/m0/s1. The van der Waals surface area contributed by atoms with E-state index in [0.717, 1.165) is 46.1 Å². The maximum Gasteiger partial charge on any atom is 0.416 e. The Morgan fingerprint density at radius 3 is 2.62 bits per heavy atom. The monoisotopic (exact) mass is 522 g/mol. The lowest BCUT2D eigenvalue weighted by Crippen LogP contribution is -2.42. The highest BCUT2D eigenvalue weighted by Gasteiger charge is 2.35. The third-order valence-corrected chi connectivity index (χ3v) is 7.09. The fraction of sp³-hybridized carbons (Fsp3) is 0.276. The number of aromatic nitrogens is 1. The molecule has 0 saturated heterocycles. The molecule has 37 heavy (non-hydrogen) atoms. The minimum absolute atomic E-state index is 0.234. The molecule has 1 aliphatic rings. The van der Waals surface area contributed by atoms with Crippen LogP contribution in [0.5, 0.6) is 5.75 Å². The molecule has 2 heterocycles. The molecule has 0 unspecified atom stereocenters. The predicted molar refractivity (Wildman–Crippen MR) is 140 cm³/mol. The van der Waals surface area contributed by atoms with Crippen molar-refractivity contribution in [3.63, 3.8) is 0 Å².